The number of furan rings is 1. The van der Waals surface area contributed by atoms with Gasteiger partial charge < -0.3 is 23.5 Å². The van der Waals surface area contributed by atoms with Gasteiger partial charge >= 0.3 is 0 Å². The normalized spacial score (nSPS) is 13.4. The first-order chi connectivity index (χ1) is 40.3. The Bertz CT molecular complexity index is 4410. The molecular formula is C79H80N5O2Pt-3. The molecule has 446 valence electrons. The summed E-state index contributed by atoms with van der Waals surface area (Å²) in [4.78, 5) is 13.5. The van der Waals surface area contributed by atoms with Crippen molar-refractivity contribution < 1.29 is 30.2 Å². The van der Waals surface area contributed by atoms with Crippen LogP contribution >= 0.6 is 0 Å². The predicted octanol–water partition coefficient (Wildman–Crippen LogP) is 22.5. The van der Waals surface area contributed by atoms with Crippen molar-refractivity contribution in [3.63, 3.8) is 0 Å². The molecule has 0 radical (unpaired) electrons. The van der Waals surface area contributed by atoms with Gasteiger partial charge in [-0.3, -0.25) is 0 Å². The molecule has 7 nitrogen and oxygen atoms in total. The zero-order valence-corrected chi connectivity index (χ0v) is 56.2. The first-order valence-corrected chi connectivity index (χ1v) is 30.3. The number of anilines is 4. The predicted molar refractivity (Wildman–Crippen MR) is 361 cm³/mol. The van der Waals surface area contributed by atoms with E-state index in [9.17, 15) is 0 Å². The number of para-hydroxylation sites is 4. The number of rotatable bonds is 7. The Balaban J connectivity index is 0.00000784. The third-order valence-electron chi connectivity index (χ3n) is 17.3. The molecule has 0 bridgehead atoms. The summed E-state index contributed by atoms with van der Waals surface area (Å²) in [7, 11) is 0. The quantitative estimate of drug-likeness (QED) is 0.149. The minimum atomic E-state index is -0.263. The van der Waals surface area contributed by atoms with Gasteiger partial charge in [-0.2, -0.15) is 6.07 Å². The van der Waals surface area contributed by atoms with Crippen LogP contribution in [0, 0.1) is 25.4 Å². The fourth-order valence-corrected chi connectivity index (χ4v) is 12.0. The minimum absolute atomic E-state index is 0. The summed E-state index contributed by atoms with van der Waals surface area (Å²) in [5.41, 5.74) is 18.9. The summed E-state index contributed by atoms with van der Waals surface area (Å²) >= 11 is 0. The van der Waals surface area contributed by atoms with Gasteiger partial charge in [-0.25, -0.2) is 9.83 Å². The van der Waals surface area contributed by atoms with Gasteiger partial charge in [0.1, 0.15) is 17.0 Å². The van der Waals surface area contributed by atoms with Gasteiger partial charge in [0.2, 0.25) is 5.69 Å². The first kappa shape index (κ1) is 60.8. The van der Waals surface area contributed by atoms with E-state index in [1.165, 1.54) is 33.4 Å². The Morgan fingerprint density at radius 2 is 1.00 bits per heavy atom. The van der Waals surface area contributed by atoms with Crippen molar-refractivity contribution in [1.82, 2.24) is 9.55 Å². The second-order valence-corrected chi connectivity index (χ2v) is 29.9. The number of benzene rings is 8. The van der Waals surface area contributed by atoms with E-state index in [4.69, 9.17) is 20.7 Å². The van der Waals surface area contributed by atoms with Crippen LogP contribution in [0.3, 0.4) is 0 Å². The Morgan fingerprint density at radius 3 is 1.55 bits per heavy atom. The summed E-state index contributed by atoms with van der Waals surface area (Å²) in [5, 5.41) is 3.71. The fraction of sp³-hybridized carbons (Fsp3) is 0.304. The molecule has 3 aromatic heterocycles. The maximum absolute atomic E-state index is 7.97. The Labute approximate surface area is 530 Å². The molecule has 12 rings (SSSR count). The topological polar surface area (TPSA) is 51.0 Å². The van der Waals surface area contributed by atoms with E-state index >= 15 is 0 Å². The monoisotopic (exact) mass is 1330 g/mol. The molecule has 0 saturated heterocycles. The smallest absolute Gasteiger partial charge is 0.229 e. The molecule has 0 saturated carbocycles. The number of hydrogen-bond donors (Lipinski definition) is 0. The van der Waals surface area contributed by atoms with Crippen molar-refractivity contribution in [1.29, 1.82) is 0 Å². The summed E-state index contributed by atoms with van der Waals surface area (Å²) < 4.78 is 16.0. The van der Waals surface area contributed by atoms with Crippen LogP contribution in [0.2, 0.25) is 0 Å². The van der Waals surface area contributed by atoms with Crippen molar-refractivity contribution in [2.45, 2.75) is 157 Å². The van der Waals surface area contributed by atoms with Crippen molar-refractivity contribution in [3.05, 3.63) is 215 Å². The molecule has 8 heteroatoms. The van der Waals surface area contributed by atoms with E-state index in [-0.39, 0.29) is 53.6 Å². The van der Waals surface area contributed by atoms with E-state index in [1.54, 1.807) is 0 Å². The van der Waals surface area contributed by atoms with Crippen molar-refractivity contribution in [2.75, 3.05) is 9.80 Å². The number of ether oxygens (including phenoxy) is 1. The summed E-state index contributed by atoms with van der Waals surface area (Å²) in [6.07, 6.45) is 1.89. The third kappa shape index (κ3) is 11.2. The zero-order valence-electron chi connectivity index (χ0n) is 53.9. The molecular weight excluding hydrogens is 1250 g/mol. The third-order valence-corrected chi connectivity index (χ3v) is 17.3. The molecule has 0 spiro atoms. The van der Waals surface area contributed by atoms with Gasteiger partial charge in [0.05, 0.1) is 6.57 Å². The second kappa shape index (κ2) is 21.4. The Morgan fingerprint density at radius 1 is 0.483 bits per heavy atom. The molecule has 1 aliphatic rings. The van der Waals surface area contributed by atoms with Crippen LogP contribution in [0.1, 0.15) is 158 Å². The molecule has 0 fully saturated rings. The van der Waals surface area contributed by atoms with Crippen LogP contribution in [0.25, 0.3) is 76.7 Å². The maximum atomic E-state index is 7.97. The largest absolute Gasteiger partial charge is 0.509 e. The summed E-state index contributed by atoms with van der Waals surface area (Å²) in [6, 6.07) is 60.4. The van der Waals surface area contributed by atoms with E-state index in [1.807, 2.05) is 30.5 Å². The molecule has 0 unspecified atom stereocenters. The van der Waals surface area contributed by atoms with Crippen molar-refractivity contribution in [3.8, 4) is 39.6 Å². The number of pyridine rings is 1. The Hall–Kier alpha value is -7.91. The van der Waals surface area contributed by atoms with Crippen LogP contribution in [0.15, 0.2) is 156 Å². The van der Waals surface area contributed by atoms with Gasteiger partial charge in [0.15, 0.2) is 0 Å². The number of hydrogen-bond acceptors (Lipinski definition) is 5. The van der Waals surface area contributed by atoms with Crippen LogP contribution < -0.4 is 14.5 Å². The number of fused-ring (bicyclic) bond motifs is 8. The molecule has 4 heterocycles. The molecule has 11 aromatic rings. The van der Waals surface area contributed by atoms with Crippen molar-refractivity contribution in [2.24, 2.45) is 0 Å². The van der Waals surface area contributed by atoms with Gasteiger partial charge in [-0.1, -0.05) is 220 Å². The van der Waals surface area contributed by atoms with Crippen LogP contribution in [0.4, 0.5) is 28.4 Å². The SMILES string of the molecule is [C-]#[N+]c1cccc2c1oc1c2ccc2c1c1ccc(Oc3[c-]c(N4[CH-]N(c5c(-c6cc(C(C)(C)C)cc(C(C)(C)C)c6)cccc5-c5cc(C(C)(C)C)cc(C(C)(C)C)c5)c5ccccc54)cc(C(C)(C)C)c3)[c-]c1n2-c1cc(C(C)(C)C)ccn1.[Pt]. The standard InChI is InChI=1S/C79H80N5O2.Pt/c1-74(2,3)50-34-35-81-69(44-50)84-67-33-32-62-61-26-23-27-64(80-19)72(61)86-73(62)70(67)63-31-30-57(46-68(63)84)85-58-43-55(79(16,17)18)42-56(45-58)82-47-83(66-29-21-20-28-65(66)82)71-59(48-36-51(75(4,5)6)40-52(37-48)76(7,8)9)24-22-25-60(71)49-38-53(77(10,11)12)41-54(39-49)78(13,14)15;/h20-44,47H,1-18H3;/q-3;. The minimum Gasteiger partial charge on any atom is -0.509 e. The van der Waals surface area contributed by atoms with Gasteiger partial charge in [0.25, 0.3) is 0 Å². The molecule has 0 N–H and O–H groups in total. The first-order valence-electron chi connectivity index (χ1n) is 30.3. The maximum Gasteiger partial charge on any atom is 0.229 e. The summed E-state index contributed by atoms with van der Waals surface area (Å²) in [6.45, 7) is 51.4. The average Bonchev–Trinajstić information content (AvgIpc) is 1.60. The van der Waals surface area contributed by atoms with E-state index in [2.05, 4.69) is 284 Å². The molecule has 8 aromatic carbocycles. The van der Waals surface area contributed by atoms with Gasteiger partial charge in [-0.15, -0.1) is 48.3 Å². The second-order valence-electron chi connectivity index (χ2n) is 29.9. The van der Waals surface area contributed by atoms with Crippen molar-refractivity contribution >= 4 is 72.2 Å². The molecule has 1 aliphatic heterocycles. The van der Waals surface area contributed by atoms with Crippen LogP contribution in [-0.4, -0.2) is 9.55 Å². The van der Waals surface area contributed by atoms with Crippen LogP contribution in [-0.2, 0) is 53.6 Å². The molecule has 87 heavy (non-hydrogen) atoms. The Kier molecular flexibility index (Phi) is 15.0. The molecule has 0 atom stereocenters. The fourth-order valence-electron chi connectivity index (χ4n) is 12.0. The summed E-state index contributed by atoms with van der Waals surface area (Å²) in [5.74, 6) is 1.86. The molecule has 0 aliphatic carbocycles. The van der Waals surface area contributed by atoms with E-state index < -0.39 is 0 Å². The van der Waals surface area contributed by atoms with E-state index in [0.29, 0.717) is 28.4 Å². The van der Waals surface area contributed by atoms with Crippen LogP contribution in [0.5, 0.6) is 11.5 Å². The average molecular weight is 1330 g/mol. The van der Waals surface area contributed by atoms with Gasteiger partial charge in [0, 0.05) is 83.2 Å². The van der Waals surface area contributed by atoms with E-state index in [0.717, 1.165) is 83.4 Å². The zero-order chi connectivity index (χ0) is 61.4. The molecule has 0 amide bonds. The number of nitrogens with zero attached hydrogens (tertiary/aromatic N) is 5. The number of aromatic nitrogens is 2. The van der Waals surface area contributed by atoms with Gasteiger partial charge in [-0.05, 0) is 113 Å².